The summed E-state index contributed by atoms with van der Waals surface area (Å²) in [6, 6.07) is 8.34. The third kappa shape index (κ3) is 5.50. The molecule has 0 radical (unpaired) electrons. The molecule has 168 valence electrons. The Hall–Kier alpha value is -2.29. The number of halogens is 1. The highest BCUT2D eigenvalue weighted by Crippen LogP contribution is 2.31. The van der Waals surface area contributed by atoms with Crippen molar-refractivity contribution in [3.63, 3.8) is 0 Å². The van der Waals surface area contributed by atoms with Crippen LogP contribution in [0.5, 0.6) is 5.75 Å². The quantitative estimate of drug-likeness (QED) is 0.640. The van der Waals surface area contributed by atoms with Crippen molar-refractivity contribution in [2.24, 2.45) is 0 Å². The standard InChI is InChI=1S/C22H28ClN3O4S/c1-15-7-8-17(31(28,29)26-9-5-4-6-10-26)12-19(15)25-22(27)14-24-20-11-16(2)18(23)13-21(20)30-3/h7-8,11-13,24H,4-6,9-10,14H2,1-3H3,(H,25,27). The molecule has 0 atom stereocenters. The summed E-state index contributed by atoms with van der Waals surface area (Å²) in [6.07, 6.45) is 2.79. The van der Waals surface area contributed by atoms with Crippen molar-refractivity contribution in [2.75, 3.05) is 37.4 Å². The van der Waals surface area contributed by atoms with Gasteiger partial charge in [-0.3, -0.25) is 4.79 Å². The maximum absolute atomic E-state index is 13.0. The highest BCUT2D eigenvalue weighted by atomic mass is 35.5. The average Bonchev–Trinajstić information content (AvgIpc) is 2.76. The Kier molecular flexibility index (Phi) is 7.46. The minimum absolute atomic E-state index is 0.0139. The van der Waals surface area contributed by atoms with Crippen molar-refractivity contribution < 1.29 is 17.9 Å². The van der Waals surface area contributed by atoms with Gasteiger partial charge >= 0.3 is 0 Å². The van der Waals surface area contributed by atoms with Crippen molar-refractivity contribution in [1.82, 2.24) is 4.31 Å². The van der Waals surface area contributed by atoms with E-state index >= 15 is 0 Å². The first-order chi connectivity index (χ1) is 14.7. The number of hydrogen-bond acceptors (Lipinski definition) is 5. The van der Waals surface area contributed by atoms with Crippen molar-refractivity contribution in [3.8, 4) is 5.75 Å². The third-order valence-corrected chi connectivity index (χ3v) is 7.66. The van der Waals surface area contributed by atoms with Crippen LogP contribution in [0.2, 0.25) is 5.02 Å². The van der Waals surface area contributed by atoms with Crippen LogP contribution in [0.1, 0.15) is 30.4 Å². The molecule has 3 rings (SSSR count). The number of rotatable bonds is 7. The van der Waals surface area contributed by atoms with Gasteiger partial charge in [-0.1, -0.05) is 24.1 Å². The minimum atomic E-state index is -3.57. The van der Waals surface area contributed by atoms with Gasteiger partial charge in [-0.25, -0.2) is 8.42 Å². The molecule has 0 unspecified atom stereocenters. The summed E-state index contributed by atoms with van der Waals surface area (Å²) in [5.41, 5.74) is 2.77. The molecule has 0 bridgehead atoms. The van der Waals surface area contributed by atoms with E-state index in [1.165, 1.54) is 17.5 Å². The number of ether oxygens (including phenoxy) is 1. The predicted molar refractivity (Wildman–Crippen MR) is 124 cm³/mol. The van der Waals surface area contributed by atoms with Crippen LogP contribution in [0.15, 0.2) is 35.2 Å². The number of nitrogens with zero attached hydrogens (tertiary/aromatic N) is 1. The van der Waals surface area contributed by atoms with Gasteiger partial charge in [0.1, 0.15) is 5.75 Å². The van der Waals surface area contributed by atoms with Crippen LogP contribution in [0.25, 0.3) is 0 Å². The Morgan fingerprint density at radius 1 is 1.06 bits per heavy atom. The van der Waals surface area contributed by atoms with Gasteiger partial charge in [-0.2, -0.15) is 4.31 Å². The first-order valence-corrected chi connectivity index (χ1v) is 12.0. The summed E-state index contributed by atoms with van der Waals surface area (Å²) < 4.78 is 32.7. The molecule has 9 heteroatoms. The number of piperidine rings is 1. The van der Waals surface area contributed by atoms with Gasteiger partial charge in [0.15, 0.2) is 0 Å². The summed E-state index contributed by atoms with van der Waals surface area (Å²) >= 11 is 6.12. The SMILES string of the molecule is COc1cc(Cl)c(C)cc1NCC(=O)Nc1cc(S(=O)(=O)N2CCCCC2)ccc1C. The molecule has 1 fully saturated rings. The van der Waals surface area contributed by atoms with Gasteiger partial charge in [0.2, 0.25) is 15.9 Å². The van der Waals surface area contributed by atoms with Gasteiger partial charge in [0.05, 0.1) is 24.2 Å². The number of carbonyl (C=O) groups excluding carboxylic acids is 1. The van der Waals surface area contributed by atoms with E-state index in [9.17, 15) is 13.2 Å². The molecular weight excluding hydrogens is 438 g/mol. The monoisotopic (exact) mass is 465 g/mol. The van der Waals surface area contributed by atoms with Gasteiger partial charge in [-0.15, -0.1) is 0 Å². The van der Waals surface area contributed by atoms with Crippen LogP contribution in [0.3, 0.4) is 0 Å². The average molecular weight is 466 g/mol. The molecule has 0 spiro atoms. The van der Waals surface area contributed by atoms with E-state index < -0.39 is 10.0 Å². The molecule has 2 aromatic carbocycles. The van der Waals surface area contributed by atoms with Gasteiger partial charge in [0.25, 0.3) is 0 Å². The van der Waals surface area contributed by atoms with Crippen molar-refractivity contribution in [3.05, 3.63) is 46.5 Å². The van der Waals surface area contributed by atoms with Crippen LogP contribution in [0.4, 0.5) is 11.4 Å². The first kappa shape index (κ1) is 23.4. The number of amides is 1. The van der Waals surface area contributed by atoms with Crippen LogP contribution < -0.4 is 15.4 Å². The fraction of sp³-hybridized carbons (Fsp3) is 0.409. The molecule has 7 nitrogen and oxygen atoms in total. The second kappa shape index (κ2) is 9.89. The third-order valence-electron chi connectivity index (χ3n) is 5.36. The van der Waals surface area contributed by atoms with Gasteiger partial charge in [0, 0.05) is 29.9 Å². The maximum Gasteiger partial charge on any atom is 0.243 e. The molecular formula is C22H28ClN3O4S. The molecule has 1 aliphatic rings. The lowest BCUT2D eigenvalue weighted by atomic mass is 10.2. The first-order valence-electron chi connectivity index (χ1n) is 10.2. The van der Waals surface area contributed by atoms with E-state index in [0.29, 0.717) is 35.2 Å². The lowest BCUT2D eigenvalue weighted by molar-refractivity contribution is -0.114. The fourth-order valence-electron chi connectivity index (χ4n) is 3.49. The molecule has 2 N–H and O–H groups in total. The lowest BCUT2D eigenvalue weighted by Crippen LogP contribution is -2.35. The second-order valence-electron chi connectivity index (χ2n) is 7.64. The summed E-state index contributed by atoms with van der Waals surface area (Å²) in [5, 5.41) is 6.43. The molecule has 1 heterocycles. The van der Waals surface area contributed by atoms with E-state index in [1.807, 2.05) is 19.9 Å². The topological polar surface area (TPSA) is 87.7 Å². The molecule has 2 aromatic rings. The number of benzene rings is 2. The number of hydrogen-bond donors (Lipinski definition) is 2. The largest absolute Gasteiger partial charge is 0.495 e. The summed E-state index contributed by atoms with van der Waals surface area (Å²) in [7, 11) is -2.04. The Morgan fingerprint density at radius 2 is 1.77 bits per heavy atom. The predicted octanol–water partition coefficient (Wildman–Crippen LogP) is 4.19. The Balaban J connectivity index is 1.72. The number of sulfonamides is 1. The molecule has 0 aliphatic carbocycles. The molecule has 1 aliphatic heterocycles. The van der Waals surface area contributed by atoms with E-state index in [2.05, 4.69) is 10.6 Å². The van der Waals surface area contributed by atoms with Crippen molar-refractivity contribution in [2.45, 2.75) is 38.0 Å². The summed E-state index contributed by atoms with van der Waals surface area (Å²) in [5.74, 6) is 0.236. The molecule has 0 aromatic heterocycles. The second-order valence-corrected chi connectivity index (χ2v) is 9.99. The van der Waals surface area contributed by atoms with Crippen molar-refractivity contribution >= 4 is 38.9 Å². The lowest BCUT2D eigenvalue weighted by Gasteiger charge is -2.26. The highest BCUT2D eigenvalue weighted by molar-refractivity contribution is 7.89. The smallest absolute Gasteiger partial charge is 0.243 e. The van der Waals surface area contributed by atoms with Crippen LogP contribution in [-0.2, 0) is 14.8 Å². The number of aryl methyl sites for hydroxylation is 2. The van der Waals surface area contributed by atoms with Crippen LogP contribution in [0, 0.1) is 13.8 Å². The van der Waals surface area contributed by atoms with Gasteiger partial charge < -0.3 is 15.4 Å². The van der Waals surface area contributed by atoms with Gasteiger partial charge in [-0.05, 0) is 56.0 Å². The zero-order valence-electron chi connectivity index (χ0n) is 18.0. The molecule has 1 saturated heterocycles. The zero-order chi connectivity index (χ0) is 22.6. The van der Waals surface area contributed by atoms with Crippen LogP contribution in [-0.4, -0.2) is 45.4 Å². The van der Waals surface area contributed by atoms with Crippen molar-refractivity contribution in [1.29, 1.82) is 0 Å². The van der Waals surface area contributed by atoms with E-state index in [4.69, 9.17) is 16.3 Å². The molecule has 31 heavy (non-hydrogen) atoms. The fourth-order valence-corrected chi connectivity index (χ4v) is 5.19. The minimum Gasteiger partial charge on any atom is -0.495 e. The van der Waals surface area contributed by atoms with E-state index in [1.54, 1.807) is 18.2 Å². The Labute approximate surface area is 188 Å². The number of anilines is 2. The Bertz CT molecular complexity index is 1070. The summed E-state index contributed by atoms with van der Waals surface area (Å²) in [4.78, 5) is 12.7. The van der Waals surface area contributed by atoms with Crippen LogP contribution >= 0.6 is 11.6 Å². The molecule has 1 amide bonds. The zero-order valence-corrected chi connectivity index (χ0v) is 19.6. The summed E-state index contributed by atoms with van der Waals surface area (Å²) in [6.45, 7) is 4.74. The number of carbonyl (C=O) groups is 1. The highest BCUT2D eigenvalue weighted by Gasteiger charge is 2.26. The number of methoxy groups -OCH3 is 1. The Morgan fingerprint density at radius 3 is 2.45 bits per heavy atom. The normalized spacial score (nSPS) is 14.8. The van der Waals surface area contributed by atoms with E-state index in [-0.39, 0.29) is 17.3 Å². The van der Waals surface area contributed by atoms with E-state index in [0.717, 1.165) is 30.4 Å². The maximum atomic E-state index is 13.0. The molecule has 0 saturated carbocycles. The number of nitrogens with one attached hydrogen (secondary N) is 2.